The average molecular weight is 389 g/mol. The van der Waals surface area contributed by atoms with Crippen LogP contribution in [0.5, 0.6) is 0 Å². The van der Waals surface area contributed by atoms with Gasteiger partial charge in [-0.15, -0.1) is 0 Å². The van der Waals surface area contributed by atoms with Crippen molar-refractivity contribution in [1.82, 2.24) is 0 Å². The highest BCUT2D eigenvalue weighted by molar-refractivity contribution is 5.90. The first kappa shape index (κ1) is 24.5. The summed E-state index contributed by atoms with van der Waals surface area (Å²) in [5.74, 6) is 0.107. The Kier molecular flexibility index (Phi) is 15.4. The van der Waals surface area contributed by atoms with Crippen LogP contribution in [0, 0.1) is 0 Å². The molecule has 0 aliphatic rings. The van der Waals surface area contributed by atoms with Gasteiger partial charge in [-0.1, -0.05) is 103 Å². The maximum absolute atomic E-state index is 11.9. The molecule has 1 aromatic rings. The van der Waals surface area contributed by atoms with Gasteiger partial charge in [-0.25, -0.2) is 0 Å². The number of unbranched alkanes of at least 4 members (excludes halogenated alkanes) is 15. The second-order valence-electron chi connectivity index (χ2n) is 8.22. The lowest BCUT2D eigenvalue weighted by Gasteiger charge is -2.06. The minimum absolute atomic E-state index is 0.107. The Morgan fingerprint density at radius 1 is 0.679 bits per heavy atom. The van der Waals surface area contributed by atoms with E-state index in [2.05, 4.69) is 12.2 Å². The number of hydrogen-bond donors (Lipinski definition) is 2. The molecule has 0 radical (unpaired) electrons. The fraction of sp³-hybridized carbons (Fsp3) is 0.720. The van der Waals surface area contributed by atoms with Crippen molar-refractivity contribution in [3.8, 4) is 0 Å². The number of benzene rings is 1. The zero-order chi connectivity index (χ0) is 20.3. The van der Waals surface area contributed by atoms with E-state index in [1.165, 1.54) is 89.9 Å². The maximum atomic E-state index is 11.9. The number of nitrogens with one attached hydrogen (secondary N) is 1. The van der Waals surface area contributed by atoms with Crippen molar-refractivity contribution in [2.75, 3.05) is 11.1 Å². The Morgan fingerprint density at radius 2 is 1.07 bits per heavy atom. The van der Waals surface area contributed by atoms with Gasteiger partial charge in [0.1, 0.15) is 0 Å². The number of anilines is 2. The fourth-order valence-electron chi connectivity index (χ4n) is 3.62. The van der Waals surface area contributed by atoms with Gasteiger partial charge in [-0.3, -0.25) is 4.79 Å². The standard InChI is InChI=1S/C25H44N2O/c1-2-3-4-5-6-7-8-9-10-11-12-13-14-15-16-17-18-25(28)27-24-21-19-23(26)20-22-24/h19-22H,2-18,26H2,1H3,(H,27,28). The summed E-state index contributed by atoms with van der Waals surface area (Å²) in [5, 5.41) is 2.93. The molecule has 0 atom stereocenters. The van der Waals surface area contributed by atoms with Gasteiger partial charge in [0.25, 0.3) is 0 Å². The van der Waals surface area contributed by atoms with E-state index in [4.69, 9.17) is 5.73 Å². The number of rotatable bonds is 18. The summed E-state index contributed by atoms with van der Waals surface area (Å²) < 4.78 is 0. The third-order valence-electron chi connectivity index (χ3n) is 5.45. The van der Waals surface area contributed by atoms with E-state index in [0.717, 1.165) is 24.2 Å². The van der Waals surface area contributed by atoms with Crippen molar-refractivity contribution in [3.05, 3.63) is 24.3 Å². The van der Waals surface area contributed by atoms with Crippen LogP contribution in [0.15, 0.2) is 24.3 Å². The molecular formula is C25H44N2O. The summed E-state index contributed by atoms with van der Waals surface area (Å²) in [6.07, 6.45) is 22.3. The molecule has 0 bridgehead atoms. The molecular weight excluding hydrogens is 344 g/mol. The van der Waals surface area contributed by atoms with Gasteiger partial charge in [0.2, 0.25) is 5.91 Å². The van der Waals surface area contributed by atoms with E-state index in [0.29, 0.717) is 6.42 Å². The second kappa shape index (κ2) is 17.6. The van der Waals surface area contributed by atoms with Gasteiger partial charge in [0.15, 0.2) is 0 Å². The van der Waals surface area contributed by atoms with Crippen molar-refractivity contribution in [2.24, 2.45) is 0 Å². The summed E-state index contributed by atoms with van der Waals surface area (Å²) in [4.78, 5) is 11.9. The summed E-state index contributed by atoms with van der Waals surface area (Å²) in [6, 6.07) is 7.32. The van der Waals surface area contributed by atoms with Gasteiger partial charge in [-0.05, 0) is 30.7 Å². The number of amides is 1. The molecule has 1 amide bonds. The van der Waals surface area contributed by atoms with Crippen molar-refractivity contribution in [2.45, 2.75) is 116 Å². The Balaban J connectivity index is 1.79. The largest absolute Gasteiger partial charge is 0.399 e. The Hall–Kier alpha value is -1.51. The second-order valence-corrected chi connectivity index (χ2v) is 8.22. The Morgan fingerprint density at radius 3 is 1.50 bits per heavy atom. The number of nitrogen functional groups attached to an aromatic ring is 1. The number of carbonyl (C=O) groups is 1. The lowest BCUT2D eigenvalue weighted by atomic mass is 10.0. The average Bonchev–Trinajstić information content (AvgIpc) is 2.69. The minimum atomic E-state index is 0.107. The zero-order valence-electron chi connectivity index (χ0n) is 18.3. The predicted molar refractivity (Wildman–Crippen MR) is 124 cm³/mol. The van der Waals surface area contributed by atoms with E-state index >= 15 is 0 Å². The third kappa shape index (κ3) is 14.5. The summed E-state index contributed by atoms with van der Waals surface area (Å²) >= 11 is 0. The van der Waals surface area contributed by atoms with Crippen LogP contribution in [0.1, 0.15) is 116 Å². The first-order valence-electron chi connectivity index (χ1n) is 11.9. The summed E-state index contributed by atoms with van der Waals surface area (Å²) in [6.45, 7) is 2.28. The molecule has 160 valence electrons. The van der Waals surface area contributed by atoms with Crippen molar-refractivity contribution < 1.29 is 4.79 Å². The van der Waals surface area contributed by atoms with E-state index in [9.17, 15) is 4.79 Å². The monoisotopic (exact) mass is 388 g/mol. The highest BCUT2D eigenvalue weighted by Crippen LogP contribution is 2.15. The van der Waals surface area contributed by atoms with Gasteiger partial charge >= 0.3 is 0 Å². The molecule has 3 nitrogen and oxygen atoms in total. The molecule has 3 heteroatoms. The SMILES string of the molecule is CCCCCCCCCCCCCCCCCCC(=O)Nc1ccc(N)cc1. The van der Waals surface area contributed by atoms with E-state index in [1.807, 2.05) is 24.3 Å². The molecule has 0 aliphatic carbocycles. The molecule has 0 saturated carbocycles. The zero-order valence-corrected chi connectivity index (χ0v) is 18.3. The quantitative estimate of drug-likeness (QED) is 0.199. The Labute approximate surface area is 173 Å². The smallest absolute Gasteiger partial charge is 0.224 e. The molecule has 0 aliphatic heterocycles. The van der Waals surface area contributed by atoms with Crippen LogP contribution in [0.3, 0.4) is 0 Å². The van der Waals surface area contributed by atoms with Crippen LogP contribution in [0.25, 0.3) is 0 Å². The predicted octanol–water partition coefficient (Wildman–Crippen LogP) is 7.86. The van der Waals surface area contributed by atoms with Crippen LogP contribution < -0.4 is 11.1 Å². The summed E-state index contributed by atoms with van der Waals surface area (Å²) in [5.41, 5.74) is 7.20. The number of nitrogens with two attached hydrogens (primary N) is 1. The molecule has 1 aromatic carbocycles. The van der Waals surface area contributed by atoms with Crippen LogP contribution in [-0.4, -0.2) is 5.91 Å². The topological polar surface area (TPSA) is 55.1 Å². The molecule has 0 heterocycles. The molecule has 0 spiro atoms. The molecule has 28 heavy (non-hydrogen) atoms. The third-order valence-corrected chi connectivity index (χ3v) is 5.45. The molecule has 1 rings (SSSR count). The molecule has 0 aromatic heterocycles. The lowest BCUT2D eigenvalue weighted by molar-refractivity contribution is -0.116. The van der Waals surface area contributed by atoms with Gasteiger partial charge in [0, 0.05) is 17.8 Å². The van der Waals surface area contributed by atoms with Crippen molar-refractivity contribution >= 4 is 17.3 Å². The molecule has 0 fully saturated rings. The molecule has 3 N–H and O–H groups in total. The van der Waals surface area contributed by atoms with E-state index in [1.54, 1.807) is 0 Å². The fourth-order valence-corrected chi connectivity index (χ4v) is 3.62. The Bertz CT molecular complexity index is 484. The molecule has 0 unspecified atom stereocenters. The lowest BCUT2D eigenvalue weighted by Crippen LogP contribution is -2.10. The van der Waals surface area contributed by atoms with Crippen LogP contribution >= 0.6 is 0 Å². The van der Waals surface area contributed by atoms with Crippen molar-refractivity contribution in [3.63, 3.8) is 0 Å². The highest BCUT2D eigenvalue weighted by atomic mass is 16.1. The van der Waals surface area contributed by atoms with E-state index < -0.39 is 0 Å². The van der Waals surface area contributed by atoms with Gasteiger partial charge in [0.05, 0.1) is 0 Å². The first-order chi connectivity index (χ1) is 13.7. The molecule has 0 saturated heterocycles. The summed E-state index contributed by atoms with van der Waals surface area (Å²) in [7, 11) is 0. The number of carbonyl (C=O) groups excluding carboxylic acids is 1. The first-order valence-corrected chi connectivity index (χ1v) is 11.9. The van der Waals surface area contributed by atoms with Crippen LogP contribution in [-0.2, 0) is 4.79 Å². The van der Waals surface area contributed by atoms with Gasteiger partial charge in [-0.2, -0.15) is 0 Å². The maximum Gasteiger partial charge on any atom is 0.224 e. The van der Waals surface area contributed by atoms with Crippen LogP contribution in [0.2, 0.25) is 0 Å². The van der Waals surface area contributed by atoms with Gasteiger partial charge < -0.3 is 11.1 Å². The van der Waals surface area contributed by atoms with Crippen LogP contribution in [0.4, 0.5) is 11.4 Å². The minimum Gasteiger partial charge on any atom is -0.399 e. The highest BCUT2D eigenvalue weighted by Gasteiger charge is 2.02. The number of hydrogen-bond acceptors (Lipinski definition) is 2. The normalized spacial score (nSPS) is 10.9. The van der Waals surface area contributed by atoms with E-state index in [-0.39, 0.29) is 5.91 Å². The van der Waals surface area contributed by atoms with Crippen molar-refractivity contribution in [1.29, 1.82) is 0 Å².